The Labute approximate surface area is 93.8 Å². The molecule has 1 unspecified atom stereocenters. The number of hydrogen-bond acceptors (Lipinski definition) is 3. The molecule has 0 aromatic heterocycles. The van der Waals surface area contributed by atoms with Crippen molar-refractivity contribution < 1.29 is 19.7 Å². The molecule has 4 nitrogen and oxygen atoms in total. The predicted molar refractivity (Wildman–Crippen MR) is 59.8 cm³/mol. The van der Waals surface area contributed by atoms with Crippen molar-refractivity contribution in [3.8, 4) is 0 Å². The smallest absolute Gasteiger partial charge is 0.307 e. The zero-order valence-electron chi connectivity index (χ0n) is 8.96. The highest BCUT2D eigenvalue weighted by atomic mass is 16.6. The Balaban J connectivity index is 2.64. The molecule has 0 aliphatic heterocycles. The number of carboxylic acids is 1. The summed E-state index contributed by atoms with van der Waals surface area (Å²) in [5.74, 6) is -0.849. The van der Waals surface area contributed by atoms with Crippen LogP contribution < -0.4 is 0 Å². The molecule has 0 heterocycles. The Kier molecular flexibility index (Phi) is 4.69. The van der Waals surface area contributed by atoms with Crippen molar-refractivity contribution in [3.05, 3.63) is 41.5 Å². The number of rotatable bonds is 5. The van der Waals surface area contributed by atoms with Crippen molar-refractivity contribution in [2.45, 2.75) is 12.7 Å². The predicted octanol–water partition coefficient (Wildman–Crippen LogP) is 1.29. The molecule has 0 fully saturated rings. The molecule has 86 valence electrons. The Hall–Kier alpha value is -1.65. The first-order valence-electron chi connectivity index (χ1n) is 4.81. The summed E-state index contributed by atoms with van der Waals surface area (Å²) in [4.78, 5) is 10.4. The van der Waals surface area contributed by atoms with Gasteiger partial charge in [-0.1, -0.05) is 30.3 Å². The summed E-state index contributed by atoms with van der Waals surface area (Å²) in [6.45, 7) is 0. The molecule has 0 aliphatic carbocycles. The van der Waals surface area contributed by atoms with Crippen LogP contribution >= 0.6 is 0 Å². The summed E-state index contributed by atoms with van der Waals surface area (Å²) in [5.41, 5.74) is 1.63. The lowest BCUT2D eigenvalue weighted by Gasteiger charge is -2.01. The van der Waals surface area contributed by atoms with E-state index in [1.807, 2.05) is 0 Å². The third-order valence-electron chi connectivity index (χ3n) is 2.03. The van der Waals surface area contributed by atoms with Crippen LogP contribution in [-0.4, -0.2) is 29.6 Å². The second-order valence-corrected chi connectivity index (χ2v) is 3.30. The van der Waals surface area contributed by atoms with Gasteiger partial charge in [0.1, 0.15) is 0 Å². The molecule has 0 aliphatic rings. The monoisotopic (exact) mass is 222 g/mol. The number of benzene rings is 1. The van der Waals surface area contributed by atoms with Gasteiger partial charge in [-0.3, -0.25) is 4.79 Å². The topological polar surface area (TPSA) is 66.8 Å². The minimum absolute atomic E-state index is 0.0185. The number of hydrogen-bond donors (Lipinski definition) is 2. The average Bonchev–Trinajstić information content (AvgIpc) is 2.27. The highest BCUT2D eigenvalue weighted by Gasteiger charge is 1.99. The molecule has 16 heavy (non-hydrogen) atoms. The standard InChI is InChI=1S/C12H14O4/c1-16-12(15)7-6-9-2-4-10(5-3-9)8-11(13)14/h2-7,12,15H,8H2,1H3,(H,13,14)/b7-6+. The minimum atomic E-state index is -0.918. The van der Waals surface area contributed by atoms with E-state index < -0.39 is 12.3 Å². The van der Waals surface area contributed by atoms with Gasteiger partial charge >= 0.3 is 5.97 Å². The van der Waals surface area contributed by atoms with E-state index in [0.29, 0.717) is 0 Å². The lowest BCUT2D eigenvalue weighted by Crippen LogP contribution is -2.03. The molecule has 1 aromatic carbocycles. The highest BCUT2D eigenvalue weighted by Crippen LogP contribution is 2.07. The third-order valence-corrected chi connectivity index (χ3v) is 2.03. The Bertz CT molecular complexity index is 367. The Morgan fingerprint density at radius 1 is 1.44 bits per heavy atom. The van der Waals surface area contributed by atoms with E-state index >= 15 is 0 Å². The van der Waals surface area contributed by atoms with E-state index in [1.165, 1.54) is 13.2 Å². The molecule has 0 saturated heterocycles. The zero-order chi connectivity index (χ0) is 12.0. The summed E-state index contributed by atoms with van der Waals surface area (Å²) in [5, 5.41) is 17.7. The van der Waals surface area contributed by atoms with Crippen LogP contribution in [-0.2, 0) is 16.0 Å². The van der Waals surface area contributed by atoms with Gasteiger partial charge in [0.15, 0.2) is 6.29 Å². The van der Waals surface area contributed by atoms with Crippen LogP contribution in [0.2, 0.25) is 0 Å². The van der Waals surface area contributed by atoms with Gasteiger partial charge < -0.3 is 14.9 Å². The second kappa shape index (κ2) is 6.05. The molecule has 0 spiro atoms. The molecule has 1 atom stereocenters. The number of carbonyl (C=O) groups is 1. The van der Waals surface area contributed by atoms with Gasteiger partial charge in [-0.25, -0.2) is 0 Å². The fourth-order valence-corrected chi connectivity index (χ4v) is 1.19. The molecule has 0 saturated carbocycles. The molecule has 2 N–H and O–H groups in total. The van der Waals surface area contributed by atoms with Gasteiger partial charge in [-0.15, -0.1) is 0 Å². The third kappa shape index (κ3) is 4.25. The molecule has 1 aromatic rings. The fourth-order valence-electron chi connectivity index (χ4n) is 1.19. The Morgan fingerprint density at radius 2 is 2.06 bits per heavy atom. The van der Waals surface area contributed by atoms with Crippen LogP contribution in [0.3, 0.4) is 0 Å². The van der Waals surface area contributed by atoms with Crippen LogP contribution in [0.25, 0.3) is 6.08 Å². The van der Waals surface area contributed by atoms with Crippen LogP contribution in [0.15, 0.2) is 30.3 Å². The fraction of sp³-hybridized carbons (Fsp3) is 0.250. The first-order chi connectivity index (χ1) is 7.61. The quantitative estimate of drug-likeness (QED) is 0.737. The van der Waals surface area contributed by atoms with E-state index in [-0.39, 0.29) is 6.42 Å². The largest absolute Gasteiger partial charge is 0.481 e. The van der Waals surface area contributed by atoms with Gasteiger partial charge in [0, 0.05) is 7.11 Å². The Morgan fingerprint density at radius 3 is 2.56 bits per heavy atom. The lowest BCUT2D eigenvalue weighted by molar-refractivity contribution is -0.136. The number of carboxylic acid groups (broad SMARTS) is 1. The van der Waals surface area contributed by atoms with Crippen molar-refractivity contribution in [2.75, 3.05) is 7.11 Å². The van der Waals surface area contributed by atoms with Crippen LogP contribution in [0, 0.1) is 0 Å². The SMILES string of the molecule is COC(O)/C=C/c1ccc(CC(=O)O)cc1. The van der Waals surface area contributed by atoms with Crippen LogP contribution in [0.5, 0.6) is 0 Å². The van der Waals surface area contributed by atoms with E-state index in [9.17, 15) is 4.79 Å². The number of aliphatic hydroxyl groups is 1. The van der Waals surface area contributed by atoms with E-state index in [4.69, 9.17) is 10.2 Å². The number of methoxy groups -OCH3 is 1. The molecule has 0 bridgehead atoms. The van der Waals surface area contributed by atoms with Crippen LogP contribution in [0.4, 0.5) is 0 Å². The summed E-state index contributed by atoms with van der Waals surface area (Å²) in [6, 6.07) is 7.06. The lowest BCUT2D eigenvalue weighted by atomic mass is 10.1. The minimum Gasteiger partial charge on any atom is -0.481 e. The van der Waals surface area contributed by atoms with Gasteiger partial charge in [0.2, 0.25) is 0 Å². The van der Waals surface area contributed by atoms with Crippen molar-refractivity contribution >= 4 is 12.0 Å². The molecular formula is C12H14O4. The van der Waals surface area contributed by atoms with Crippen molar-refractivity contribution in [1.82, 2.24) is 0 Å². The molecule has 0 radical (unpaired) electrons. The number of aliphatic hydroxyl groups excluding tert-OH is 1. The zero-order valence-corrected chi connectivity index (χ0v) is 8.96. The molecular weight excluding hydrogens is 208 g/mol. The first-order valence-corrected chi connectivity index (χ1v) is 4.81. The normalized spacial score (nSPS) is 12.9. The van der Waals surface area contributed by atoms with Gasteiger partial charge in [-0.05, 0) is 17.2 Å². The highest BCUT2D eigenvalue weighted by molar-refractivity contribution is 5.70. The summed E-state index contributed by atoms with van der Waals surface area (Å²) in [7, 11) is 1.41. The average molecular weight is 222 g/mol. The maximum atomic E-state index is 10.4. The van der Waals surface area contributed by atoms with Crippen molar-refractivity contribution in [1.29, 1.82) is 0 Å². The summed E-state index contributed by atoms with van der Waals surface area (Å²) in [6.07, 6.45) is 2.31. The van der Waals surface area contributed by atoms with E-state index in [1.54, 1.807) is 30.3 Å². The van der Waals surface area contributed by atoms with Gasteiger partial charge in [-0.2, -0.15) is 0 Å². The van der Waals surface area contributed by atoms with Gasteiger partial charge in [0.25, 0.3) is 0 Å². The van der Waals surface area contributed by atoms with E-state index in [2.05, 4.69) is 4.74 Å². The maximum Gasteiger partial charge on any atom is 0.307 e. The maximum absolute atomic E-state index is 10.4. The summed E-state index contributed by atoms with van der Waals surface area (Å²) < 4.78 is 4.64. The van der Waals surface area contributed by atoms with Crippen molar-refractivity contribution in [2.24, 2.45) is 0 Å². The summed E-state index contributed by atoms with van der Waals surface area (Å²) >= 11 is 0. The van der Waals surface area contributed by atoms with E-state index in [0.717, 1.165) is 11.1 Å². The molecule has 0 amide bonds. The second-order valence-electron chi connectivity index (χ2n) is 3.30. The first kappa shape index (κ1) is 12.4. The number of ether oxygens (including phenoxy) is 1. The molecule has 4 heteroatoms. The van der Waals surface area contributed by atoms with Crippen LogP contribution in [0.1, 0.15) is 11.1 Å². The number of aliphatic carboxylic acids is 1. The van der Waals surface area contributed by atoms with Crippen molar-refractivity contribution in [3.63, 3.8) is 0 Å². The molecule has 1 rings (SSSR count). The van der Waals surface area contributed by atoms with Gasteiger partial charge in [0.05, 0.1) is 6.42 Å².